The van der Waals surface area contributed by atoms with E-state index in [0.717, 1.165) is 5.56 Å². The van der Waals surface area contributed by atoms with Crippen molar-refractivity contribution in [1.82, 2.24) is 10.2 Å². The number of β-lactam (4-membered cyclic amide) rings is 1. The highest BCUT2D eigenvalue weighted by Gasteiger charge is 2.67. The van der Waals surface area contributed by atoms with Crippen LogP contribution in [0.5, 0.6) is 0 Å². The van der Waals surface area contributed by atoms with Crippen molar-refractivity contribution in [3.8, 4) is 0 Å². The molecule has 0 bridgehead atoms. The first-order valence-electron chi connectivity index (χ1n) is 7.65. The summed E-state index contributed by atoms with van der Waals surface area (Å²) in [6.07, 6.45) is 0.103. The summed E-state index contributed by atoms with van der Waals surface area (Å²) in [6, 6.07) is 8.04. The highest BCUT2D eigenvalue weighted by Crippen LogP contribution is 2.46. The van der Waals surface area contributed by atoms with Crippen LogP contribution in [-0.2, 0) is 25.5 Å². The molecule has 2 unspecified atom stereocenters. The molecule has 2 aliphatic rings. The van der Waals surface area contributed by atoms with Gasteiger partial charge in [-0.25, -0.2) is 4.79 Å². The summed E-state index contributed by atoms with van der Waals surface area (Å²) < 4.78 is 5.36. The number of fused-ring (bicyclic) bond motifs is 1. The molecule has 2 fully saturated rings. The third kappa shape index (κ3) is 2.81. The molecule has 0 aromatic heterocycles. The maximum atomic E-state index is 12.7. The summed E-state index contributed by atoms with van der Waals surface area (Å²) >= 11 is 1.33. The molecule has 1 aromatic rings. The number of carbonyl (C=O) groups excluding carboxylic acids is 2. The van der Waals surface area contributed by atoms with Crippen LogP contribution in [0.4, 0.5) is 0 Å². The fraction of sp³-hybridized carbons (Fsp3) is 0.353. The van der Waals surface area contributed by atoms with Gasteiger partial charge in [-0.1, -0.05) is 36.9 Å². The number of amides is 2. The molecule has 0 spiro atoms. The highest BCUT2D eigenvalue weighted by molar-refractivity contribution is 8.00. The Kier molecular flexibility index (Phi) is 4.57. The largest absolute Gasteiger partial charge is 0.479 e. The lowest BCUT2D eigenvalue weighted by molar-refractivity contribution is -0.201. The van der Waals surface area contributed by atoms with Crippen LogP contribution >= 0.6 is 11.8 Å². The number of carboxylic acids is 1. The third-order valence-corrected chi connectivity index (χ3v) is 5.74. The Bertz CT molecular complexity index is 738. The number of rotatable bonds is 5. The average Bonchev–Trinajstić information content (AvgIpc) is 2.59. The molecule has 1 aromatic carbocycles. The van der Waals surface area contributed by atoms with Gasteiger partial charge in [-0.15, -0.1) is 11.8 Å². The fourth-order valence-corrected chi connectivity index (χ4v) is 4.52. The maximum absolute atomic E-state index is 12.7. The van der Waals surface area contributed by atoms with Crippen LogP contribution in [0.3, 0.4) is 0 Å². The molecule has 2 N–H and O–H groups in total. The van der Waals surface area contributed by atoms with E-state index in [1.54, 1.807) is 0 Å². The van der Waals surface area contributed by atoms with E-state index in [1.807, 2.05) is 30.3 Å². The minimum absolute atomic E-state index is 0.103. The van der Waals surface area contributed by atoms with Crippen molar-refractivity contribution in [2.24, 2.45) is 0 Å². The van der Waals surface area contributed by atoms with Crippen LogP contribution in [0, 0.1) is 0 Å². The van der Waals surface area contributed by atoms with E-state index in [9.17, 15) is 19.5 Å². The number of methoxy groups -OCH3 is 1. The van der Waals surface area contributed by atoms with E-state index in [1.165, 1.54) is 23.8 Å². The summed E-state index contributed by atoms with van der Waals surface area (Å²) in [7, 11) is 1.33. The van der Waals surface area contributed by atoms with E-state index in [2.05, 4.69) is 11.9 Å². The van der Waals surface area contributed by atoms with Crippen molar-refractivity contribution in [3.05, 3.63) is 48.0 Å². The zero-order valence-corrected chi connectivity index (χ0v) is 14.4. The van der Waals surface area contributed by atoms with Crippen LogP contribution in [0.25, 0.3) is 0 Å². The number of ether oxygens (including phenoxy) is 1. The van der Waals surface area contributed by atoms with Gasteiger partial charge in [-0.3, -0.25) is 9.59 Å². The predicted octanol–water partition coefficient (Wildman–Crippen LogP) is 0.612. The number of hydrogen-bond donors (Lipinski definition) is 2. The molecular weight excluding hydrogens is 344 g/mol. The Morgan fingerprint density at radius 3 is 2.72 bits per heavy atom. The first-order valence-corrected chi connectivity index (χ1v) is 8.70. The molecule has 3 atom stereocenters. The van der Waals surface area contributed by atoms with Gasteiger partial charge in [0.05, 0.1) is 6.42 Å². The van der Waals surface area contributed by atoms with Gasteiger partial charge >= 0.3 is 5.97 Å². The van der Waals surface area contributed by atoms with Crippen molar-refractivity contribution in [2.45, 2.75) is 23.6 Å². The number of carboxylic acid groups (broad SMARTS) is 1. The van der Waals surface area contributed by atoms with Crippen LogP contribution < -0.4 is 5.32 Å². The monoisotopic (exact) mass is 362 g/mol. The molecule has 3 rings (SSSR count). The summed E-state index contributed by atoms with van der Waals surface area (Å²) in [6.45, 7) is 3.74. The maximum Gasteiger partial charge on any atom is 0.330 e. The van der Waals surface area contributed by atoms with E-state index in [0.29, 0.717) is 11.3 Å². The molecule has 8 heteroatoms. The van der Waals surface area contributed by atoms with Gasteiger partial charge in [-0.05, 0) is 11.1 Å². The Labute approximate surface area is 149 Å². The Balaban J connectivity index is 1.78. The molecule has 0 radical (unpaired) electrons. The lowest BCUT2D eigenvalue weighted by Crippen LogP contribution is -2.83. The van der Waals surface area contributed by atoms with Crippen LogP contribution in [0.1, 0.15) is 5.56 Å². The van der Waals surface area contributed by atoms with Crippen LogP contribution in [0.2, 0.25) is 0 Å². The zero-order chi connectivity index (χ0) is 18.2. The summed E-state index contributed by atoms with van der Waals surface area (Å²) in [5, 5.41) is 11.4. The van der Waals surface area contributed by atoms with Crippen molar-refractivity contribution < 1.29 is 24.2 Å². The number of aliphatic carboxylic acids is 1. The zero-order valence-electron chi connectivity index (χ0n) is 13.6. The van der Waals surface area contributed by atoms with Gasteiger partial charge < -0.3 is 20.1 Å². The molecular formula is C17H18N2O5S. The Morgan fingerprint density at radius 2 is 2.12 bits per heavy atom. The second-order valence-corrected chi connectivity index (χ2v) is 6.99. The first kappa shape index (κ1) is 17.5. The van der Waals surface area contributed by atoms with E-state index in [4.69, 9.17) is 4.74 Å². The van der Waals surface area contributed by atoms with E-state index >= 15 is 0 Å². The predicted molar refractivity (Wildman–Crippen MR) is 91.7 cm³/mol. The number of hydrogen-bond acceptors (Lipinski definition) is 5. The standard InChI is InChI=1S/C17H18N2O5S/c1-10-9-25-16-17(24-2,15(23)19(16)13(10)14(21)22)18-12(20)8-11-6-4-3-5-7-11/h3-7,13,16H,1,8-9H2,2H3,(H,18,20)(H,21,22)/t13?,16-,17?/m0/s1. The number of nitrogens with zero attached hydrogens (tertiary/aromatic N) is 1. The number of nitrogens with one attached hydrogen (secondary N) is 1. The van der Waals surface area contributed by atoms with Gasteiger partial charge in [0.25, 0.3) is 11.6 Å². The second kappa shape index (κ2) is 6.53. The van der Waals surface area contributed by atoms with Crippen molar-refractivity contribution >= 4 is 29.5 Å². The molecule has 7 nitrogen and oxygen atoms in total. The van der Waals surface area contributed by atoms with E-state index < -0.39 is 29.0 Å². The Hall–Kier alpha value is -2.32. The van der Waals surface area contributed by atoms with Crippen molar-refractivity contribution in [2.75, 3.05) is 12.9 Å². The van der Waals surface area contributed by atoms with Gasteiger partial charge in [0.1, 0.15) is 5.37 Å². The van der Waals surface area contributed by atoms with Gasteiger partial charge in [0.2, 0.25) is 5.91 Å². The summed E-state index contributed by atoms with van der Waals surface area (Å²) in [5.41, 5.74) is -0.282. The quantitative estimate of drug-likeness (QED) is 0.453. The normalized spacial score (nSPS) is 28.1. The lowest BCUT2D eigenvalue weighted by Gasteiger charge is -2.58. The molecule has 0 saturated carbocycles. The summed E-state index contributed by atoms with van der Waals surface area (Å²) in [5.74, 6) is -1.69. The molecule has 2 saturated heterocycles. The van der Waals surface area contributed by atoms with Crippen molar-refractivity contribution in [3.63, 3.8) is 0 Å². The molecule has 0 aliphatic carbocycles. The molecule has 2 aliphatic heterocycles. The van der Waals surface area contributed by atoms with Gasteiger partial charge in [-0.2, -0.15) is 0 Å². The van der Waals surface area contributed by atoms with Crippen molar-refractivity contribution in [1.29, 1.82) is 0 Å². The lowest BCUT2D eigenvalue weighted by atomic mass is 9.94. The minimum Gasteiger partial charge on any atom is -0.479 e. The molecule has 2 amide bonds. The number of benzene rings is 1. The minimum atomic E-state index is -1.54. The molecule has 25 heavy (non-hydrogen) atoms. The second-order valence-electron chi connectivity index (χ2n) is 5.93. The Morgan fingerprint density at radius 1 is 1.44 bits per heavy atom. The number of thioether (sulfide) groups is 1. The van der Waals surface area contributed by atoms with Crippen LogP contribution in [0.15, 0.2) is 42.5 Å². The molecule has 132 valence electrons. The smallest absolute Gasteiger partial charge is 0.330 e. The highest BCUT2D eigenvalue weighted by atomic mass is 32.2. The van der Waals surface area contributed by atoms with Gasteiger partial charge in [0.15, 0.2) is 6.04 Å². The topological polar surface area (TPSA) is 95.9 Å². The third-order valence-electron chi connectivity index (χ3n) is 4.33. The summed E-state index contributed by atoms with van der Waals surface area (Å²) in [4.78, 5) is 37.7. The fourth-order valence-electron chi connectivity index (χ4n) is 3.13. The van der Waals surface area contributed by atoms with Crippen LogP contribution in [-0.4, -0.2) is 57.8 Å². The van der Waals surface area contributed by atoms with E-state index in [-0.39, 0.29) is 12.3 Å². The number of carbonyl (C=O) groups is 3. The molecule has 2 heterocycles. The first-order chi connectivity index (χ1) is 11.9. The van der Waals surface area contributed by atoms with Gasteiger partial charge in [0, 0.05) is 12.9 Å². The average molecular weight is 362 g/mol. The SMILES string of the molecule is C=C1CS[C@@H]2N(C(=O)C2(NC(=O)Cc2ccccc2)OC)C1C(=O)O.